The molecule has 0 saturated heterocycles. The Morgan fingerprint density at radius 2 is 0.958 bits per heavy atom. The predicted molar refractivity (Wildman–Crippen MR) is 105 cm³/mol. The van der Waals surface area contributed by atoms with Gasteiger partial charge in [-0.2, -0.15) is 0 Å². The Kier molecular flexibility index (Phi) is 17.3. The van der Waals surface area contributed by atoms with Gasteiger partial charge in [-0.1, -0.05) is 79.8 Å². The van der Waals surface area contributed by atoms with Gasteiger partial charge in [0.1, 0.15) is 0 Å². The van der Waals surface area contributed by atoms with E-state index in [2.05, 4.69) is 67.7 Å². The van der Waals surface area contributed by atoms with Crippen molar-refractivity contribution in [1.29, 1.82) is 0 Å². The average Bonchev–Trinajstić information content (AvgIpc) is 2.56. The van der Waals surface area contributed by atoms with Gasteiger partial charge in [0.05, 0.1) is 0 Å². The first-order valence-corrected chi connectivity index (χ1v) is 8.89. The molecule has 0 fully saturated rings. The van der Waals surface area contributed by atoms with Gasteiger partial charge in [-0.3, -0.25) is 4.79 Å². The van der Waals surface area contributed by atoms with Gasteiger partial charge in [0, 0.05) is 6.42 Å². The van der Waals surface area contributed by atoms with Crippen LogP contribution in [0.2, 0.25) is 0 Å². The lowest BCUT2D eigenvalue weighted by molar-refractivity contribution is -0.136. The summed E-state index contributed by atoms with van der Waals surface area (Å²) >= 11 is 0. The number of hydrogen-bond donors (Lipinski definition) is 1. The van der Waals surface area contributed by atoms with Crippen LogP contribution in [-0.2, 0) is 4.79 Å². The minimum absolute atomic E-state index is 0.210. The second kappa shape index (κ2) is 19.0. The third-order valence-corrected chi connectivity index (χ3v) is 3.12. The molecule has 0 aromatic heterocycles. The lowest BCUT2D eigenvalue weighted by Crippen LogP contribution is -1.91. The van der Waals surface area contributed by atoms with Crippen molar-refractivity contribution in [2.24, 2.45) is 0 Å². The summed E-state index contributed by atoms with van der Waals surface area (Å²) in [5.74, 6) is -0.741. The monoisotopic (exact) mass is 328 g/mol. The summed E-state index contributed by atoms with van der Waals surface area (Å²) in [4.78, 5) is 10.3. The van der Waals surface area contributed by atoms with Crippen molar-refractivity contribution in [3.63, 3.8) is 0 Å². The van der Waals surface area contributed by atoms with Crippen LogP contribution in [0.1, 0.15) is 58.3 Å². The van der Waals surface area contributed by atoms with E-state index < -0.39 is 5.97 Å². The molecule has 24 heavy (non-hydrogen) atoms. The minimum atomic E-state index is -0.741. The highest BCUT2D eigenvalue weighted by atomic mass is 16.4. The van der Waals surface area contributed by atoms with Crippen LogP contribution >= 0.6 is 0 Å². The number of aliphatic carboxylic acids is 1. The molecule has 0 bridgehead atoms. The van der Waals surface area contributed by atoms with Crippen molar-refractivity contribution < 1.29 is 9.90 Å². The highest BCUT2D eigenvalue weighted by molar-refractivity contribution is 5.66. The molecule has 0 atom stereocenters. The summed E-state index contributed by atoms with van der Waals surface area (Å²) in [6, 6.07) is 0. The second-order valence-corrected chi connectivity index (χ2v) is 5.35. The molecule has 2 heteroatoms. The van der Waals surface area contributed by atoms with E-state index in [0.717, 1.165) is 38.5 Å². The number of allylic oxidation sites excluding steroid dienone is 12. The molecular weight excluding hydrogens is 296 g/mol. The maximum atomic E-state index is 10.3. The number of rotatable bonds is 14. The summed E-state index contributed by atoms with van der Waals surface area (Å²) < 4.78 is 0. The second-order valence-electron chi connectivity index (χ2n) is 5.35. The average molecular weight is 328 g/mol. The van der Waals surface area contributed by atoms with E-state index in [1.54, 1.807) is 0 Å². The van der Waals surface area contributed by atoms with Crippen molar-refractivity contribution in [1.82, 2.24) is 0 Å². The first-order chi connectivity index (χ1) is 11.8. The highest BCUT2D eigenvalue weighted by Gasteiger charge is 1.90. The van der Waals surface area contributed by atoms with Crippen LogP contribution in [0, 0.1) is 0 Å². The zero-order valence-electron chi connectivity index (χ0n) is 14.9. The third-order valence-electron chi connectivity index (χ3n) is 3.12. The Morgan fingerprint density at radius 3 is 1.29 bits per heavy atom. The van der Waals surface area contributed by atoms with Gasteiger partial charge in [0.25, 0.3) is 0 Å². The Bertz CT molecular complexity index is 462. The summed E-state index contributed by atoms with van der Waals surface area (Å²) in [7, 11) is 0. The normalized spacial score (nSPS) is 13.0. The largest absolute Gasteiger partial charge is 0.481 e. The summed E-state index contributed by atoms with van der Waals surface area (Å²) in [5.41, 5.74) is 0. The van der Waals surface area contributed by atoms with E-state index in [0.29, 0.717) is 6.42 Å². The van der Waals surface area contributed by atoms with E-state index in [4.69, 9.17) is 5.11 Å². The fourth-order valence-corrected chi connectivity index (χ4v) is 1.85. The topological polar surface area (TPSA) is 37.3 Å². The van der Waals surface area contributed by atoms with Crippen LogP contribution in [-0.4, -0.2) is 11.1 Å². The van der Waals surface area contributed by atoms with E-state index in [-0.39, 0.29) is 6.42 Å². The van der Waals surface area contributed by atoms with Crippen LogP contribution in [0.25, 0.3) is 0 Å². The van der Waals surface area contributed by atoms with Crippen LogP contribution in [0.4, 0.5) is 0 Å². The molecule has 0 aliphatic heterocycles. The maximum absolute atomic E-state index is 10.3. The molecule has 0 saturated carbocycles. The molecule has 132 valence electrons. The van der Waals surface area contributed by atoms with Gasteiger partial charge in [0.2, 0.25) is 0 Å². The fraction of sp³-hybridized carbons (Fsp3) is 0.409. The Balaban J connectivity index is 3.51. The number of carboxylic acid groups (broad SMARTS) is 1. The SMILES string of the molecule is CC/C=C\C/C=C\C/C=C/C/C=C\C/C=C\C/C=C\CCC(=O)O. The first kappa shape index (κ1) is 21.9. The van der Waals surface area contributed by atoms with Crippen molar-refractivity contribution in [3.05, 3.63) is 72.9 Å². The molecule has 0 heterocycles. The molecule has 0 aliphatic rings. The predicted octanol–water partition coefficient (Wildman–Crippen LogP) is 6.55. The van der Waals surface area contributed by atoms with Gasteiger partial charge in [-0.15, -0.1) is 0 Å². The molecule has 0 aromatic rings. The zero-order chi connectivity index (χ0) is 17.7. The van der Waals surface area contributed by atoms with Crippen LogP contribution in [0.5, 0.6) is 0 Å². The first-order valence-electron chi connectivity index (χ1n) is 8.89. The molecule has 0 amide bonds. The van der Waals surface area contributed by atoms with Gasteiger partial charge in [0.15, 0.2) is 0 Å². The van der Waals surface area contributed by atoms with E-state index in [9.17, 15) is 4.79 Å². The molecule has 1 N–H and O–H groups in total. The smallest absolute Gasteiger partial charge is 0.303 e. The van der Waals surface area contributed by atoms with Crippen molar-refractivity contribution in [2.45, 2.75) is 58.3 Å². The summed E-state index contributed by atoms with van der Waals surface area (Å²) in [5, 5.41) is 8.49. The van der Waals surface area contributed by atoms with Gasteiger partial charge in [-0.25, -0.2) is 0 Å². The number of carbonyl (C=O) groups is 1. The standard InChI is InChI=1S/C22H32O2/c1-2-3-4-5-6-7-8-9-10-11-12-13-14-15-16-17-18-19-20-21-22(23)24/h3-4,6-7,9-10,12-13,15-16,18-19H,2,5,8,11,14,17,20-21H2,1H3,(H,23,24)/b4-3-,7-6-,10-9+,13-12-,16-15-,19-18-. The van der Waals surface area contributed by atoms with Crippen LogP contribution in [0.15, 0.2) is 72.9 Å². The molecule has 0 aliphatic carbocycles. The Hall–Kier alpha value is -2.09. The van der Waals surface area contributed by atoms with E-state index in [1.807, 2.05) is 12.2 Å². The summed E-state index contributed by atoms with van der Waals surface area (Å²) in [6.07, 6.45) is 32.5. The number of carboxylic acids is 1. The number of hydrogen-bond acceptors (Lipinski definition) is 1. The lowest BCUT2D eigenvalue weighted by atomic mass is 10.2. The van der Waals surface area contributed by atoms with E-state index in [1.165, 1.54) is 0 Å². The summed E-state index contributed by atoms with van der Waals surface area (Å²) in [6.45, 7) is 2.15. The van der Waals surface area contributed by atoms with Crippen LogP contribution < -0.4 is 0 Å². The lowest BCUT2D eigenvalue weighted by Gasteiger charge is -1.87. The van der Waals surface area contributed by atoms with Gasteiger partial charge in [-0.05, 0) is 44.9 Å². The van der Waals surface area contributed by atoms with Gasteiger partial charge < -0.3 is 5.11 Å². The third kappa shape index (κ3) is 19.9. The fourth-order valence-electron chi connectivity index (χ4n) is 1.85. The molecule has 0 radical (unpaired) electrons. The molecule has 0 spiro atoms. The molecule has 2 nitrogen and oxygen atoms in total. The quantitative estimate of drug-likeness (QED) is 0.367. The van der Waals surface area contributed by atoms with Crippen LogP contribution in [0.3, 0.4) is 0 Å². The molecular formula is C22H32O2. The maximum Gasteiger partial charge on any atom is 0.303 e. The minimum Gasteiger partial charge on any atom is -0.481 e. The molecule has 0 rings (SSSR count). The van der Waals surface area contributed by atoms with Crippen molar-refractivity contribution in [2.75, 3.05) is 0 Å². The molecule has 0 unspecified atom stereocenters. The highest BCUT2D eigenvalue weighted by Crippen LogP contribution is 1.97. The van der Waals surface area contributed by atoms with Gasteiger partial charge >= 0.3 is 5.97 Å². The van der Waals surface area contributed by atoms with Crippen molar-refractivity contribution >= 4 is 5.97 Å². The zero-order valence-corrected chi connectivity index (χ0v) is 14.9. The van der Waals surface area contributed by atoms with Crippen molar-refractivity contribution in [3.8, 4) is 0 Å². The Morgan fingerprint density at radius 1 is 0.625 bits per heavy atom. The Labute approximate surface area is 147 Å². The van der Waals surface area contributed by atoms with E-state index >= 15 is 0 Å². The molecule has 0 aromatic carbocycles.